The highest BCUT2D eigenvalue weighted by molar-refractivity contribution is 14.0. The van der Waals surface area contributed by atoms with E-state index in [9.17, 15) is 21.6 Å². The van der Waals surface area contributed by atoms with Crippen LogP contribution >= 0.6 is 24.0 Å². The van der Waals surface area contributed by atoms with Gasteiger partial charge in [0.1, 0.15) is 0 Å². The van der Waals surface area contributed by atoms with Crippen molar-refractivity contribution in [3.8, 4) is 0 Å². The summed E-state index contributed by atoms with van der Waals surface area (Å²) in [5, 5.41) is 6.37. The van der Waals surface area contributed by atoms with E-state index >= 15 is 0 Å². The lowest BCUT2D eigenvalue weighted by molar-refractivity contribution is -0.0496. The van der Waals surface area contributed by atoms with Crippen LogP contribution in [0.2, 0.25) is 0 Å². The van der Waals surface area contributed by atoms with E-state index in [2.05, 4.69) is 20.5 Å². The van der Waals surface area contributed by atoms with Gasteiger partial charge >= 0.3 is 15.5 Å². The Hall–Kier alpha value is -1.28. The zero-order chi connectivity index (χ0) is 21.5. The molecule has 0 amide bonds. The van der Waals surface area contributed by atoms with E-state index in [1.54, 1.807) is 7.05 Å². The number of nitrogens with one attached hydrogen (secondary N) is 2. The first-order valence-electron chi connectivity index (χ1n) is 9.42. The van der Waals surface area contributed by atoms with E-state index in [0.717, 1.165) is 12.2 Å². The zero-order valence-corrected chi connectivity index (χ0v) is 20.2. The molecule has 1 fully saturated rings. The molecule has 0 radical (unpaired) electrons. The minimum atomic E-state index is -5.24. The van der Waals surface area contributed by atoms with Crippen LogP contribution in [-0.2, 0) is 10.0 Å². The van der Waals surface area contributed by atoms with Crippen molar-refractivity contribution in [2.75, 3.05) is 51.7 Å². The summed E-state index contributed by atoms with van der Waals surface area (Å²) in [7, 11) is -1.59. The van der Waals surface area contributed by atoms with Crippen LogP contribution in [0.25, 0.3) is 0 Å². The molecule has 7 nitrogen and oxygen atoms in total. The zero-order valence-electron chi connectivity index (χ0n) is 17.0. The normalized spacial score (nSPS) is 16.6. The Morgan fingerprint density at radius 3 is 2.33 bits per heavy atom. The van der Waals surface area contributed by atoms with Gasteiger partial charge in [0, 0.05) is 52.5 Å². The molecule has 0 aliphatic carbocycles. The van der Waals surface area contributed by atoms with Gasteiger partial charge in [0.05, 0.1) is 0 Å². The number of hydrogen-bond acceptors (Lipinski definition) is 4. The second kappa shape index (κ2) is 11.9. The minimum absolute atomic E-state index is 0. The summed E-state index contributed by atoms with van der Waals surface area (Å²) in [5.74, 6) is 0.692. The summed E-state index contributed by atoms with van der Waals surface area (Å²) in [6, 6.07) is 9.97. The number of benzene rings is 1. The number of piperidine rings is 1. The molecular weight excluding hydrogens is 534 g/mol. The number of anilines is 1. The van der Waals surface area contributed by atoms with Gasteiger partial charge in [-0.1, -0.05) is 18.2 Å². The molecule has 2 rings (SSSR count). The number of nitrogens with zero attached hydrogens (tertiary/aromatic N) is 3. The Morgan fingerprint density at radius 1 is 1.20 bits per heavy atom. The molecule has 2 N–H and O–H groups in total. The van der Waals surface area contributed by atoms with Crippen molar-refractivity contribution in [3.05, 3.63) is 30.3 Å². The Balaban J connectivity index is 0.00000450. The quantitative estimate of drug-likeness (QED) is 0.303. The van der Waals surface area contributed by atoms with Crippen LogP contribution in [0.4, 0.5) is 18.9 Å². The van der Waals surface area contributed by atoms with Gasteiger partial charge in [-0.3, -0.25) is 4.99 Å². The topological polar surface area (TPSA) is 77.0 Å². The Morgan fingerprint density at radius 2 is 1.80 bits per heavy atom. The van der Waals surface area contributed by atoms with E-state index in [1.807, 2.05) is 37.4 Å². The summed E-state index contributed by atoms with van der Waals surface area (Å²) in [4.78, 5) is 6.26. The summed E-state index contributed by atoms with van der Waals surface area (Å²) in [5.41, 5.74) is -4.13. The van der Waals surface area contributed by atoms with Crippen molar-refractivity contribution in [2.45, 2.75) is 18.3 Å². The summed E-state index contributed by atoms with van der Waals surface area (Å²) in [6.45, 7) is 1.70. The van der Waals surface area contributed by atoms with Crippen LogP contribution in [0.15, 0.2) is 35.3 Å². The fraction of sp³-hybridized carbons (Fsp3) is 0.611. The van der Waals surface area contributed by atoms with Gasteiger partial charge in [-0.2, -0.15) is 17.5 Å². The molecule has 0 saturated carbocycles. The van der Waals surface area contributed by atoms with Gasteiger partial charge in [0.25, 0.3) is 0 Å². The van der Waals surface area contributed by atoms with Gasteiger partial charge in [-0.05, 0) is 30.9 Å². The second-order valence-corrected chi connectivity index (χ2v) is 8.86. The molecule has 1 aromatic rings. The highest BCUT2D eigenvalue weighted by atomic mass is 127. The van der Waals surface area contributed by atoms with Crippen LogP contribution in [-0.4, -0.2) is 71.0 Å². The first kappa shape index (κ1) is 26.8. The van der Waals surface area contributed by atoms with Gasteiger partial charge in [-0.25, -0.2) is 8.42 Å². The molecule has 1 aliphatic heterocycles. The van der Waals surface area contributed by atoms with Crippen molar-refractivity contribution < 1.29 is 21.6 Å². The number of rotatable bonds is 7. The van der Waals surface area contributed by atoms with E-state index in [1.165, 1.54) is 0 Å². The van der Waals surface area contributed by atoms with Crippen molar-refractivity contribution in [2.24, 2.45) is 10.9 Å². The molecule has 1 aliphatic rings. The Labute approximate surface area is 193 Å². The Bertz CT molecular complexity index is 770. The Kier molecular flexibility index (Phi) is 10.6. The predicted molar refractivity (Wildman–Crippen MR) is 124 cm³/mol. The van der Waals surface area contributed by atoms with E-state index in [4.69, 9.17) is 0 Å². The second-order valence-electron chi connectivity index (χ2n) is 6.93. The molecule has 0 atom stereocenters. The lowest BCUT2D eigenvalue weighted by Gasteiger charge is -2.31. The summed E-state index contributed by atoms with van der Waals surface area (Å²) >= 11 is 0. The minimum Gasteiger partial charge on any atom is -0.373 e. The van der Waals surface area contributed by atoms with Gasteiger partial charge in [0.15, 0.2) is 5.96 Å². The number of alkyl halides is 3. The van der Waals surface area contributed by atoms with Gasteiger partial charge in [-0.15, -0.1) is 24.0 Å². The standard InChI is InChI=1S/C18H28F3N5O2S.HI/c1-22-17(23-10-13-25(2)16-6-4-3-5-7-16)24-14-15-8-11-26(12-9-15)29(27,28)18(19,20)21;/h3-7,15H,8-14H2,1-2H3,(H2,22,23,24);1H. The SMILES string of the molecule is CN=C(NCCN(C)c1ccccc1)NCC1CCN(S(=O)(=O)C(F)(F)F)CC1.I. The number of likely N-dealkylation sites (N-methyl/N-ethyl adjacent to an activating group) is 1. The molecule has 1 saturated heterocycles. The number of guanidine groups is 1. The van der Waals surface area contributed by atoms with Crippen molar-refractivity contribution >= 4 is 45.6 Å². The van der Waals surface area contributed by atoms with E-state index in [-0.39, 0.29) is 43.0 Å². The van der Waals surface area contributed by atoms with Crippen LogP contribution < -0.4 is 15.5 Å². The lowest BCUT2D eigenvalue weighted by atomic mass is 9.98. The van der Waals surface area contributed by atoms with E-state index in [0.29, 0.717) is 36.2 Å². The van der Waals surface area contributed by atoms with Crippen LogP contribution in [0, 0.1) is 5.92 Å². The largest absolute Gasteiger partial charge is 0.511 e. The maximum atomic E-state index is 12.6. The van der Waals surface area contributed by atoms with Crippen LogP contribution in [0.5, 0.6) is 0 Å². The molecular formula is C18H29F3IN5O2S. The third kappa shape index (κ3) is 7.45. The average Bonchev–Trinajstić information content (AvgIpc) is 2.70. The predicted octanol–water partition coefficient (Wildman–Crippen LogP) is 2.47. The molecule has 0 aromatic heterocycles. The lowest BCUT2D eigenvalue weighted by Crippen LogP contribution is -2.47. The summed E-state index contributed by atoms with van der Waals surface area (Å²) in [6.07, 6.45) is 0.742. The fourth-order valence-corrected chi connectivity index (χ4v) is 4.10. The van der Waals surface area contributed by atoms with Crippen molar-refractivity contribution in [3.63, 3.8) is 0 Å². The monoisotopic (exact) mass is 563 g/mol. The molecule has 172 valence electrons. The molecule has 0 unspecified atom stereocenters. The smallest absolute Gasteiger partial charge is 0.373 e. The fourth-order valence-electron chi connectivity index (χ4n) is 3.12. The van der Waals surface area contributed by atoms with E-state index < -0.39 is 15.5 Å². The maximum Gasteiger partial charge on any atom is 0.511 e. The summed E-state index contributed by atoms with van der Waals surface area (Å²) < 4.78 is 61.3. The number of aliphatic imine (C=N–C) groups is 1. The highest BCUT2D eigenvalue weighted by Gasteiger charge is 2.50. The number of halogens is 4. The molecule has 0 spiro atoms. The first-order chi connectivity index (χ1) is 13.6. The molecule has 1 aromatic carbocycles. The van der Waals surface area contributed by atoms with Gasteiger partial charge < -0.3 is 15.5 Å². The highest BCUT2D eigenvalue weighted by Crippen LogP contribution is 2.30. The van der Waals surface area contributed by atoms with Crippen LogP contribution in [0.3, 0.4) is 0 Å². The van der Waals surface area contributed by atoms with Crippen molar-refractivity contribution in [1.29, 1.82) is 0 Å². The molecule has 0 bridgehead atoms. The van der Waals surface area contributed by atoms with Gasteiger partial charge in [0.2, 0.25) is 0 Å². The van der Waals surface area contributed by atoms with Crippen molar-refractivity contribution in [1.82, 2.24) is 14.9 Å². The number of para-hydroxylation sites is 1. The number of hydrogen-bond donors (Lipinski definition) is 2. The maximum absolute atomic E-state index is 12.6. The third-order valence-electron chi connectivity index (χ3n) is 4.92. The number of sulfonamides is 1. The third-order valence-corrected chi connectivity index (χ3v) is 6.55. The molecule has 12 heteroatoms. The average molecular weight is 563 g/mol. The first-order valence-corrected chi connectivity index (χ1v) is 10.9. The molecule has 1 heterocycles. The van der Waals surface area contributed by atoms with Crippen LogP contribution in [0.1, 0.15) is 12.8 Å². The molecule has 30 heavy (non-hydrogen) atoms.